The van der Waals surface area contributed by atoms with Crippen LogP contribution in [0.5, 0.6) is 5.75 Å². The summed E-state index contributed by atoms with van der Waals surface area (Å²) < 4.78 is 20.0. The van der Waals surface area contributed by atoms with Gasteiger partial charge in [0.15, 0.2) is 0 Å². The molecule has 2 N–H and O–H groups in total. The molecule has 0 aliphatic carbocycles. The molecule has 0 radical (unpaired) electrons. The molecule has 0 fully saturated rings. The molecule has 1 aromatic heterocycles. The van der Waals surface area contributed by atoms with E-state index in [1.165, 1.54) is 23.0 Å². The molecule has 0 atom stereocenters. The zero-order valence-corrected chi connectivity index (χ0v) is 17.0. The number of hydrogen-bond donors (Lipinski definition) is 2. The van der Waals surface area contributed by atoms with Gasteiger partial charge in [0.1, 0.15) is 17.3 Å². The van der Waals surface area contributed by atoms with Crippen molar-refractivity contribution in [3.05, 3.63) is 66.1 Å². The van der Waals surface area contributed by atoms with E-state index in [9.17, 15) is 14.0 Å². The lowest BCUT2D eigenvalue weighted by Gasteiger charge is -2.09. The van der Waals surface area contributed by atoms with Crippen LogP contribution in [0.25, 0.3) is 16.9 Å². The Bertz CT molecular complexity index is 1040. The molecule has 0 aliphatic rings. The summed E-state index contributed by atoms with van der Waals surface area (Å²) in [4.78, 5) is 24.7. The van der Waals surface area contributed by atoms with Gasteiger partial charge in [-0.1, -0.05) is 26.0 Å². The number of aromatic nitrogens is 2. The number of amides is 2. The summed E-state index contributed by atoms with van der Waals surface area (Å²) in [7, 11) is 1.55. The van der Waals surface area contributed by atoms with Gasteiger partial charge in [-0.15, -0.1) is 0 Å². The van der Waals surface area contributed by atoms with Gasteiger partial charge in [-0.3, -0.25) is 20.4 Å². The van der Waals surface area contributed by atoms with E-state index >= 15 is 0 Å². The summed E-state index contributed by atoms with van der Waals surface area (Å²) in [5, 5.41) is 4.52. The molecule has 2 amide bonds. The van der Waals surface area contributed by atoms with E-state index in [1.54, 1.807) is 43.5 Å². The van der Waals surface area contributed by atoms with E-state index in [-0.39, 0.29) is 29.6 Å². The summed E-state index contributed by atoms with van der Waals surface area (Å²) >= 11 is 0. The first-order valence-corrected chi connectivity index (χ1v) is 9.46. The molecule has 2 aromatic carbocycles. The van der Waals surface area contributed by atoms with Gasteiger partial charge in [-0.05, 0) is 42.3 Å². The minimum absolute atomic E-state index is 0.162. The molecule has 0 aliphatic heterocycles. The molecule has 0 unspecified atom stereocenters. The van der Waals surface area contributed by atoms with Gasteiger partial charge in [0.05, 0.1) is 18.4 Å². The van der Waals surface area contributed by atoms with Gasteiger partial charge < -0.3 is 4.74 Å². The second-order valence-corrected chi connectivity index (χ2v) is 7.14. The molecule has 0 spiro atoms. The molecule has 0 saturated heterocycles. The Morgan fingerprint density at radius 3 is 2.53 bits per heavy atom. The van der Waals surface area contributed by atoms with Crippen LogP contribution < -0.4 is 15.6 Å². The zero-order chi connectivity index (χ0) is 21.7. The van der Waals surface area contributed by atoms with Crippen molar-refractivity contribution < 1.29 is 18.7 Å². The van der Waals surface area contributed by atoms with Gasteiger partial charge >= 0.3 is 0 Å². The number of ether oxygens (including phenoxy) is 1. The summed E-state index contributed by atoms with van der Waals surface area (Å²) in [5.41, 5.74) is 6.75. The van der Waals surface area contributed by atoms with Gasteiger partial charge in [0.2, 0.25) is 5.91 Å². The molecule has 156 valence electrons. The lowest BCUT2D eigenvalue weighted by Crippen LogP contribution is -2.42. The highest BCUT2D eigenvalue weighted by molar-refractivity contribution is 6.00. The normalized spacial score (nSPS) is 10.7. The van der Waals surface area contributed by atoms with E-state index < -0.39 is 5.91 Å². The van der Waals surface area contributed by atoms with Crippen LogP contribution in [-0.4, -0.2) is 28.7 Å². The van der Waals surface area contributed by atoms with Crippen LogP contribution in [0.4, 0.5) is 4.39 Å². The Morgan fingerprint density at radius 2 is 1.87 bits per heavy atom. The van der Waals surface area contributed by atoms with Crippen LogP contribution in [0.15, 0.2) is 54.7 Å². The van der Waals surface area contributed by atoms with Gasteiger partial charge in [0.25, 0.3) is 5.91 Å². The highest BCUT2D eigenvalue weighted by atomic mass is 19.1. The maximum Gasteiger partial charge on any atom is 0.273 e. The van der Waals surface area contributed by atoms with Crippen LogP contribution in [0.3, 0.4) is 0 Å². The number of hydrogen-bond acceptors (Lipinski definition) is 4. The molecule has 3 aromatic rings. The van der Waals surface area contributed by atoms with Gasteiger partial charge in [0, 0.05) is 18.2 Å². The average molecular weight is 410 g/mol. The number of methoxy groups -OCH3 is 1. The minimum Gasteiger partial charge on any atom is -0.497 e. The van der Waals surface area contributed by atoms with Crippen LogP contribution >= 0.6 is 0 Å². The van der Waals surface area contributed by atoms with Crippen molar-refractivity contribution in [2.24, 2.45) is 5.92 Å². The Morgan fingerprint density at radius 1 is 1.13 bits per heavy atom. The summed E-state index contributed by atoms with van der Waals surface area (Å²) in [6.07, 6.45) is 1.82. The van der Waals surface area contributed by atoms with Crippen molar-refractivity contribution in [2.45, 2.75) is 20.3 Å². The largest absolute Gasteiger partial charge is 0.497 e. The Kier molecular flexibility index (Phi) is 6.46. The first-order valence-electron chi connectivity index (χ1n) is 9.46. The Balaban J connectivity index is 1.95. The number of carbonyl (C=O) groups excluding carboxylic acids is 2. The lowest BCUT2D eigenvalue weighted by atomic mass is 10.1. The monoisotopic (exact) mass is 410 g/mol. The SMILES string of the molecule is COc1cccc(-c2nn(-c3ccc(F)cc3)cc2C(=O)NNC(=O)CC(C)C)c1. The fourth-order valence-corrected chi connectivity index (χ4v) is 2.87. The zero-order valence-electron chi connectivity index (χ0n) is 17.0. The predicted octanol–water partition coefficient (Wildman–Crippen LogP) is 3.49. The average Bonchev–Trinajstić information content (AvgIpc) is 3.17. The molecule has 0 saturated carbocycles. The van der Waals surface area contributed by atoms with E-state index in [0.717, 1.165) is 0 Å². The minimum atomic E-state index is -0.515. The summed E-state index contributed by atoms with van der Waals surface area (Å²) in [6, 6.07) is 12.9. The second kappa shape index (κ2) is 9.21. The number of nitrogens with zero attached hydrogens (tertiary/aromatic N) is 2. The first kappa shape index (κ1) is 21.0. The molecule has 1 heterocycles. The van der Waals surface area contributed by atoms with E-state index in [0.29, 0.717) is 22.7 Å². The Hall–Kier alpha value is -3.68. The molecule has 3 rings (SSSR count). The molecule has 30 heavy (non-hydrogen) atoms. The van der Waals surface area contributed by atoms with Crippen molar-refractivity contribution in [1.82, 2.24) is 20.6 Å². The topological polar surface area (TPSA) is 85.2 Å². The van der Waals surface area contributed by atoms with E-state index in [1.807, 2.05) is 13.8 Å². The number of nitrogens with one attached hydrogen (secondary N) is 2. The van der Waals surface area contributed by atoms with Crippen molar-refractivity contribution >= 4 is 11.8 Å². The quantitative estimate of drug-likeness (QED) is 0.609. The smallest absolute Gasteiger partial charge is 0.273 e. The van der Waals surface area contributed by atoms with Crippen LogP contribution in [0.1, 0.15) is 30.6 Å². The van der Waals surface area contributed by atoms with Crippen molar-refractivity contribution in [2.75, 3.05) is 7.11 Å². The fraction of sp³-hybridized carbons (Fsp3) is 0.227. The Labute approximate surface area is 173 Å². The third kappa shape index (κ3) is 5.02. The first-order chi connectivity index (χ1) is 14.4. The number of rotatable bonds is 6. The number of hydrazine groups is 1. The maximum absolute atomic E-state index is 13.3. The highest BCUT2D eigenvalue weighted by Gasteiger charge is 2.20. The van der Waals surface area contributed by atoms with Gasteiger partial charge in [-0.25, -0.2) is 9.07 Å². The number of carbonyl (C=O) groups is 2. The molecular weight excluding hydrogens is 387 g/mol. The number of halogens is 1. The van der Waals surface area contributed by atoms with Crippen molar-refractivity contribution in [3.63, 3.8) is 0 Å². The van der Waals surface area contributed by atoms with E-state index in [2.05, 4.69) is 16.0 Å². The molecule has 7 nitrogen and oxygen atoms in total. The van der Waals surface area contributed by atoms with Crippen LogP contribution in [0, 0.1) is 11.7 Å². The van der Waals surface area contributed by atoms with E-state index in [4.69, 9.17) is 4.74 Å². The lowest BCUT2D eigenvalue weighted by molar-refractivity contribution is -0.122. The summed E-state index contributed by atoms with van der Waals surface area (Å²) in [5.74, 6) is -0.397. The molecule has 0 bridgehead atoms. The fourth-order valence-electron chi connectivity index (χ4n) is 2.87. The standard InChI is InChI=1S/C22H23FN4O3/c1-14(2)11-20(28)24-25-22(29)19-13-27(17-9-7-16(23)8-10-17)26-21(19)15-5-4-6-18(12-15)30-3/h4-10,12-14H,11H2,1-3H3,(H,24,28)(H,25,29). The van der Waals surface area contributed by atoms with Gasteiger partial charge in [-0.2, -0.15) is 5.10 Å². The maximum atomic E-state index is 13.3. The van der Waals surface area contributed by atoms with Crippen molar-refractivity contribution in [3.8, 4) is 22.7 Å². The van der Waals surface area contributed by atoms with Crippen molar-refractivity contribution in [1.29, 1.82) is 0 Å². The molecular formula is C22H23FN4O3. The predicted molar refractivity (Wildman–Crippen MR) is 111 cm³/mol. The van der Waals surface area contributed by atoms with Crippen LogP contribution in [-0.2, 0) is 4.79 Å². The third-order valence-electron chi connectivity index (χ3n) is 4.30. The molecule has 8 heteroatoms. The second-order valence-electron chi connectivity index (χ2n) is 7.14. The highest BCUT2D eigenvalue weighted by Crippen LogP contribution is 2.27. The third-order valence-corrected chi connectivity index (χ3v) is 4.30. The summed E-state index contributed by atoms with van der Waals surface area (Å²) in [6.45, 7) is 3.82. The van der Waals surface area contributed by atoms with Crippen LogP contribution in [0.2, 0.25) is 0 Å². The number of benzene rings is 2.